The van der Waals surface area contributed by atoms with Crippen LogP contribution in [-0.4, -0.2) is 19.6 Å². The summed E-state index contributed by atoms with van der Waals surface area (Å²) in [5, 5.41) is 0. The van der Waals surface area contributed by atoms with Crippen LogP contribution in [0.25, 0.3) is 0 Å². The van der Waals surface area contributed by atoms with Crippen molar-refractivity contribution in [3.8, 4) is 0 Å². The molecular weight excluding hydrogens is 179 g/mol. The Kier molecular flexibility index (Phi) is 9.35. The summed E-state index contributed by atoms with van der Waals surface area (Å²) in [6.45, 7) is 3.43. The summed E-state index contributed by atoms with van der Waals surface area (Å²) >= 11 is 0. The van der Waals surface area contributed by atoms with Crippen molar-refractivity contribution in [2.24, 2.45) is 0 Å². The molecule has 6 heteroatoms. The van der Waals surface area contributed by atoms with Gasteiger partial charge in [-0.05, 0) is 12.8 Å². The zero-order valence-electron chi connectivity index (χ0n) is 7.49. The van der Waals surface area contributed by atoms with E-state index < -0.39 is 10.4 Å². The van der Waals surface area contributed by atoms with Crippen molar-refractivity contribution in [2.45, 2.75) is 12.8 Å². The van der Waals surface area contributed by atoms with E-state index in [0.29, 0.717) is 12.8 Å². The average Bonchev–Trinajstić information content (AvgIpc) is 1.78. The van der Waals surface area contributed by atoms with E-state index in [9.17, 15) is 8.42 Å². The molecule has 11 heavy (non-hydrogen) atoms. The Morgan fingerprint density at radius 2 is 2.18 bits per heavy atom. The molecule has 0 amide bonds. The number of hydrogen-bond acceptors (Lipinski definition) is 3. The Balaban J connectivity index is -0.000000405. The molecule has 0 unspecified atom stereocenters. The minimum atomic E-state index is -4.24. The largest absolute Gasteiger partial charge is 1.00 e. The van der Waals surface area contributed by atoms with Crippen LogP contribution in [0, 0.1) is 0 Å². The van der Waals surface area contributed by atoms with Gasteiger partial charge in [0.15, 0.2) is 0 Å². The molecule has 0 saturated heterocycles. The molecule has 0 aliphatic rings. The van der Waals surface area contributed by atoms with E-state index in [4.69, 9.17) is 4.55 Å². The molecule has 0 aromatic rings. The van der Waals surface area contributed by atoms with Crippen molar-refractivity contribution < 1.29 is 48.1 Å². The Morgan fingerprint density at radius 3 is 2.55 bits per heavy atom. The third-order valence-electron chi connectivity index (χ3n) is 0.785. The van der Waals surface area contributed by atoms with Gasteiger partial charge in [0.05, 0.1) is 6.61 Å². The molecule has 0 atom stereocenters. The van der Waals surface area contributed by atoms with Crippen molar-refractivity contribution in [1.29, 1.82) is 0 Å². The van der Waals surface area contributed by atoms with Gasteiger partial charge in [-0.15, -0.1) is 6.58 Å². The van der Waals surface area contributed by atoms with Crippen molar-refractivity contribution >= 4 is 10.4 Å². The zero-order valence-corrected chi connectivity index (χ0v) is 9.30. The number of unbranched alkanes of at least 4 members (excludes halogenated alkanes) is 1. The summed E-state index contributed by atoms with van der Waals surface area (Å²) in [6.07, 6.45) is 2.87. The van der Waals surface area contributed by atoms with Crippen molar-refractivity contribution in [1.82, 2.24) is 0 Å². The van der Waals surface area contributed by atoms with Crippen LogP contribution in [0.1, 0.15) is 14.3 Å². The molecule has 0 aromatic heterocycles. The van der Waals surface area contributed by atoms with E-state index in [1.807, 2.05) is 0 Å². The van der Waals surface area contributed by atoms with Gasteiger partial charge in [0.1, 0.15) is 0 Å². The number of hydrogen-bond donors (Lipinski definition) is 1. The fourth-order valence-electron chi connectivity index (χ4n) is 0.392. The fraction of sp³-hybridized carbons (Fsp3) is 0.600. The van der Waals surface area contributed by atoms with E-state index in [1.54, 1.807) is 6.08 Å². The molecule has 0 aromatic carbocycles. The standard InChI is InChI=1S/C5H10O4S.Na.H/c1-2-3-4-5-9-10(6,7)8;;/h2H,1,3-5H2,(H,6,7,8);;/q;+1;-1. The minimum Gasteiger partial charge on any atom is -1.00 e. The Morgan fingerprint density at radius 1 is 1.64 bits per heavy atom. The van der Waals surface area contributed by atoms with Gasteiger partial charge in [0, 0.05) is 0 Å². The fourth-order valence-corrected chi connectivity index (χ4v) is 0.720. The molecule has 0 radical (unpaired) electrons. The molecule has 0 heterocycles. The van der Waals surface area contributed by atoms with Crippen LogP contribution in [0.5, 0.6) is 0 Å². The van der Waals surface area contributed by atoms with Crippen LogP contribution in [0.2, 0.25) is 0 Å². The zero-order chi connectivity index (χ0) is 8.04. The molecule has 62 valence electrons. The Hall–Kier alpha value is 0.610. The van der Waals surface area contributed by atoms with Gasteiger partial charge in [-0.25, -0.2) is 4.18 Å². The third-order valence-corrected chi connectivity index (χ3v) is 1.25. The van der Waals surface area contributed by atoms with E-state index >= 15 is 0 Å². The quantitative estimate of drug-likeness (QED) is 0.233. The molecule has 0 rings (SSSR count). The van der Waals surface area contributed by atoms with Gasteiger partial charge in [-0.2, -0.15) is 8.42 Å². The van der Waals surface area contributed by atoms with Crippen LogP contribution in [0.3, 0.4) is 0 Å². The van der Waals surface area contributed by atoms with Gasteiger partial charge < -0.3 is 1.43 Å². The smallest absolute Gasteiger partial charge is 1.00 e. The van der Waals surface area contributed by atoms with Crippen LogP contribution in [0.4, 0.5) is 0 Å². The average molecular weight is 190 g/mol. The van der Waals surface area contributed by atoms with Gasteiger partial charge in [-0.3, -0.25) is 4.55 Å². The molecule has 0 saturated carbocycles. The van der Waals surface area contributed by atoms with E-state index in [2.05, 4.69) is 10.8 Å². The Bertz CT molecular complexity index is 192. The van der Waals surface area contributed by atoms with E-state index in [1.165, 1.54) is 0 Å². The minimum absolute atomic E-state index is 0. The molecule has 0 spiro atoms. The summed E-state index contributed by atoms with van der Waals surface area (Å²) in [4.78, 5) is 0. The summed E-state index contributed by atoms with van der Waals surface area (Å²) in [5.74, 6) is 0. The van der Waals surface area contributed by atoms with Crippen LogP contribution >= 0.6 is 0 Å². The second-order valence-electron chi connectivity index (χ2n) is 1.68. The predicted molar refractivity (Wildman–Crippen MR) is 38.0 cm³/mol. The van der Waals surface area contributed by atoms with Crippen molar-refractivity contribution in [2.75, 3.05) is 6.61 Å². The van der Waals surface area contributed by atoms with E-state index in [-0.39, 0.29) is 37.6 Å². The molecule has 0 aliphatic heterocycles. The second-order valence-corrected chi connectivity index (χ2v) is 2.77. The van der Waals surface area contributed by atoms with Crippen molar-refractivity contribution in [3.63, 3.8) is 0 Å². The molecule has 0 aliphatic carbocycles. The maximum absolute atomic E-state index is 9.90. The maximum atomic E-state index is 9.90. The first-order valence-corrected chi connectivity index (χ1v) is 4.15. The molecule has 1 N–H and O–H groups in total. The molecule has 0 fully saturated rings. The van der Waals surface area contributed by atoms with Gasteiger partial charge >= 0.3 is 40.0 Å². The normalized spacial score (nSPS) is 10.3. The molecule has 0 bridgehead atoms. The first-order valence-electron chi connectivity index (χ1n) is 2.79. The Labute approximate surface area is 90.4 Å². The van der Waals surface area contributed by atoms with Gasteiger partial charge in [0.2, 0.25) is 0 Å². The summed E-state index contributed by atoms with van der Waals surface area (Å²) in [7, 11) is -4.24. The summed E-state index contributed by atoms with van der Waals surface area (Å²) in [5.41, 5.74) is 0. The summed E-state index contributed by atoms with van der Waals surface area (Å²) < 4.78 is 31.9. The first-order chi connectivity index (χ1) is 4.56. The summed E-state index contributed by atoms with van der Waals surface area (Å²) in [6, 6.07) is 0. The number of rotatable bonds is 5. The van der Waals surface area contributed by atoms with Crippen LogP contribution in [0.15, 0.2) is 12.7 Å². The van der Waals surface area contributed by atoms with Crippen LogP contribution < -0.4 is 29.6 Å². The van der Waals surface area contributed by atoms with Gasteiger partial charge in [0.25, 0.3) is 0 Å². The van der Waals surface area contributed by atoms with Gasteiger partial charge in [-0.1, -0.05) is 6.08 Å². The predicted octanol–water partition coefficient (Wildman–Crippen LogP) is -2.11. The molecule has 4 nitrogen and oxygen atoms in total. The van der Waals surface area contributed by atoms with Crippen molar-refractivity contribution in [3.05, 3.63) is 12.7 Å². The molecular formula is C5H11NaO4S. The maximum Gasteiger partial charge on any atom is 1.00 e. The SMILES string of the molecule is C=CCCCOS(=O)(=O)O.[H-].[Na+]. The third kappa shape index (κ3) is 13.6. The van der Waals surface area contributed by atoms with Crippen LogP contribution in [-0.2, 0) is 14.6 Å². The topological polar surface area (TPSA) is 63.6 Å². The second kappa shape index (κ2) is 7.27. The number of allylic oxidation sites excluding steroid dienone is 1. The monoisotopic (exact) mass is 190 g/mol. The van der Waals surface area contributed by atoms with E-state index in [0.717, 1.165) is 0 Å². The first kappa shape index (κ1) is 14.2.